The maximum Gasteiger partial charge on any atom is 0.251 e. The van der Waals surface area contributed by atoms with Gasteiger partial charge in [0.2, 0.25) is 0 Å². The molecule has 1 atom stereocenters. The highest BCUT2D eigenvalue weighted by Gasteiger charge is 2.22. The number of pyridine rings is 1. The number of aromatic amines is 1. The molecule has 0 amide bonds. The van der Waals surface area contributed by atoms with Gasteiger partial charge in [-0.05, 0) is 43.5 Å². The third kappa shape index (κ3) is 4.45. The van der Waals surface area contributed by atoms with Gasteiger partial charge >= 0.3 is 0 Å². The molecule has 0 spiro atoms. The lowest BCUT2D eigenvalue weighted by Crippen LogP contribution is -2.42. The van der Waals surface area contributed by atoms with Crippen LogP contribution in [0.5, 0.6) is 0 Å². The summed E-state index contributed by atoms with van der Waals surface area (Å²) in [5.41, 5.74) is 2.00. The van der Waals surface area contributed by atoms with E-state index in [-0.39, 0.29) is 17.4 Å². The lowest BCUT2D eigenvalue weighted by atomic mass is 10.0. The van der Waals surface area contributed by atoms with Crippen LogP contribution in [0.25, 0.3) is 11.4 Å². The summed E-state index contributed by atoms with van der Waals surface area (Å²) in [6.45, 7) is 3.53. The number of halogens is 1. The number of H-pyrrole nitrogens is 1. The molecule has 150 valence electrons. The zero-order chi connectivity index (χ0) is 20.2. The first-order chi connectivity index (χ1) is 14.1. The van der Waals surface area contributed by atoms with Crippen molar-refractivity contribution in [1.82, 2.24) is 15.0 Å². The number of benzene rings is 1. The van der Waals surface area contributed by atoms with Crippen LogP contribution < -0.4 is 15.8 Å². The van der Waals surface area contributed by atoms with Crippen molar-refractivity contribution in [2.75, 3.05) is 23.3 Å². The summed E-state index contributed by atoms with van der Waals surface area (Å²) in [5, 5.41) is 3.45. The Morgan fingerprint density at radius 3 is 2.90 bits per heavy atom. The van der Waals surface area contributed by atoms with Crippen molar-refractivity contribution in [1.29, 1.82) is 0 Å². The summed E-state index contributed by atoms with van der Waals surface area (Å²) >= 11 is 0. The van der Waals surface area contributed by atoms with Crippen molar-refractivity contribution in [3.8, 4) is 11.4 Å². The Morgan fingerprint density at radius 1 is 1.28 bits per heavy atom. The van der Waals surface area contributed by atoms with Crippen LogP contribution in [0.15, 0.2) is 53.5 Å². The van der Waals surface area contributed by atoms with Crippen molar-refractivity contribution in [2.45, 2.75) is 32.2 Å². The first-order valence-electron chi connectivity index (χ1n) is 9.95. The van der Waals surface area contributed by atoms with Crippen LogP contribution in [0.2, 0.25) is 0 Å². The first kappa shape index (κ1) is 19.1. The topological polar surface area (TPSA) is 73.9 Å². The second-order valence-electron chi connectivity index (χ2n) is 7.25. The molecule has 2 aromatic heterocycles. The van der Waals surface area contributed by atoms with Gasteiger partial charge < -0.3 is 15.2 Å². The molecule has 3 aromatic rings. The molecule has 29 heavy (non-hydrogen) atoms. The molecule has 1 aromatic carbocycles. The fraction of sp³-hybridized carbons (Fsp3) is 0.318. The van der Waals surface area contributed by atoms with E-state index >= 15 is 0 Å². The summed E-state index contributed by atoms with van der Waals surface area (Å²) in [6, 6.07) is 12.4. The normalized spacial score (nSPS) is 16.6. The molecule has 0 saturated carbocycles. The van der Waals surface area contributed by atoms with Gasteiger partial charge in [0, 0.05) is 42.7 Å². The fourth-order valence-corrected chi connectivity index (χ4v) is 3.68. The smallest absolute Gasteiger partial charge is 0.251 e. The Balaban J connectivity index is 1.45. The summed E-state index contributed by atoms with van der Waals surface area (Å²) in [6.07, 6.45) is 4.39. The monoisotopic (exact) mass is 393 g/mol. The number of aromatic nitrogens is 3. The molecule has 2 N–H and O–H groups in total. The predicted octanol–water partition coefficient (Wildman–Crippen LogP) is 3.61. The second-order valence-corrected chi connectivity index (χ2v) is 7.25. The number of hydrogen-bond donors (Lipinski definition) is 2. The van der Waals surface area contributed by atoms with Crippen LogP contribution in [-0.2, 0) is 6.42 Å². The molecule has 7 heteroatoms. The van der Waals surface area contributed by atoms with Gasteiger partial charge in [0.05, 0.1) is 5.69 Å². The van der Waals surface area contributed by atoms with Gasteiger partial charge in [-0.25, -0.2) is 14.4 Å². The van der Waals surface area contributed by atoms with Crippen LogP contribution in [0.4, 0.5) is 15.9 Å². The summed E-state index contributed by atoms with van der Waals surface area (Å²) < 4.78 is 14.1. The standard InChI is InChI=1S/C22H24FN5O/c1-2-16-12-21(29)27-22(26-16)15-9-10-20(24-13-15)25-17-6-5-11-28(14-17)19-8-4-3-7-18(19)23/h3-4,7-10,12-13,17H,2,5-6,11,14H2,1H3,(H,24,25)(H,26,27,29). The van der Waals surface area contributed by atoms with E-state index in [0.29, 0.717) is 17.9 Å². The van der Waals surface area contributed by atoms with E-state index in [1.807, 2.05) is 31.2 Å². The predicted molar refractivity (Wildman–Crippen MR) is 113 cm³/mol. The molecular weight excluding hydrogens is 369 g/mol. The highest BCUT2D eigenvalue weighted by molar-refractivity contribution is 5.56. The first-order valence-corrected chi connectivity index (χ1v) is 9.95. The van der Waals surface area contributed by atoms with E-state index < -0.39 is 0 Å². The molecule has 4 rings (SSSR count). The molecule has 1 aliphatic heterocycles. The number of rotatable bonds is 5. The highest BCUT2D eigenvalue weighted by Crippen LogP contribution is 2.24. The second kappa shape index (κ2) is 8.43. The third-order valence-electron chi connectivity index (χ3n) is 5.16. The molecule has 1 aliphatic rings. The number of nitrogens with one attached hydrogen (secondary N) is 2. The quantitative estimate of drug-likeness (QED) is 0.693. The van der Waals surface area contributed by atoms with Gasteiger partial charge in [0.1, 0.15) is 17.5 Å². The maximum atomic E-state index is 14.1. The number of hydrogen-bond acceptors (Lipinski definition) is 5. The van der Waals surface area contributed by atoms with Crippen molar-refractivity contribution in [3.63, 3.8) is 0 Å². The van der Waals surface area contributed by atoms with Crippen molar-refractivity contribution < 1.29 is 4.39 Å². The molecular formula is C22H24FN5O. The minimum absolute atomic E-state index is 0.163. The van der Waals surface area contributed by atoms with Crippen molar-refractivity contribution in [3.05, 3.63) is 70.5 Å². The van der Waals surface area contributed by atoms with Crippen LogP contribution in [0, 0.1) is 5.82 Å². The van der Waals surface area contributed by atoms with E-state index in [0.717, 1.165) is 43.0 Å². The van der Waals surface area contributed by atoms with Crippen LogP contribution in [0.3, 0.4) is 0 Å². The Kier molecular flexibility index (Phi) is 5.55. The molecule has 1 saturated heterocycles. The summed E-state index contributed by atoms with van der Waals surface area (Å²) in [4.78, 5) is 25.6. The van der Waals surface area contributed by atoms with Gasteiger partial charge in [-0.2, -0.15) is 0 Å². The lowest BCUT2D eigenvalue weighted by molar-refractivity contribution is 0.518. The van der Waals surface area contributed by atoms with E-state index in [1.54, 1.807) is 12.3 Å². The summed E-state index contributed by atoms with van der Waals surface area (Å²) in [5.74, 6) is 1.09. The Bertz CT molecular complexity index is 1030. The fourth-order valence-electron chi connectivity index (χ4n) is 3.68. The largest absolute Gasteiger partial charge is 0.367 e. The maximum absolute atomic E-state index is 14.1. The zero-order valence-electron chi connectivity index (χ0n) is 16.4. The van der Waals surface area contributed by atoms with Crippen LogP contribution in [0.1, 0.15) is 25.5 Å². The van der Waals surface area contributed by atoms with Crippen molar-refractivity contribution >= 4 is 11.5 Å². The van der Waals surface area contributed by atoms with Gasteiger partial charge in [-0.1, -0.05) is 19.1 Å². The SMILES string of the molecule is CCc1cc(=O)[nH]c(-c2ccc(NC3CCCN(c4ccccc4F)C3)nc2)n1. The van der Waals surface area contributed by atoms with E-state index in [1.165, 1.54) is 12.1 Å². The van der Waals surface area contributed by atoms with Crippen molar-refractivity contribution in [2.24, 2.45) is 0 Å². The molecule has 1 fully saturated rings. The number of piperidine rings is 1. The summed E-state index contributed by atoms with van der Waals surface area (Å²) in [7, 11) is 0. The molecule has 6 nitrogen and oxygen atoms in total. The molecule has 0 aliphatic carbocycles. The minimum atomic E-state index is -0.188. The number of para-hydroxylation sites is 1. The zero-order valence-corrected chi connectivity index (χ0v) is 16.4. The Labute approximate surface area is 168 Å². The molecule has 3 heterocycles. The van der Waals surface area contributed by atoms with E-state index in [4.69, 9.17) is 0 Å². The van der Waals surface area contributed by atoms with Gasteiger partial charge in [-0.15, -0.1) is 0 Å². The lowest BCUT2D eigenvalue weighted by Gasteiger charge is -2.35. The number of nitrogens with zero attached hydrogens (tertiary/aromatic N) is 3. The molecule has 0 radical (unpaired) electrons. The number of anilines is 2. The highest BCUT2D eigenvalue weighted by atomic mass is 19.1. The van der Waals surface area contributed by atoms with E-state index in [2.05, 4.69) is 25.2 Å². The van der Waals surface area contributed by atoms with Crippen LogP contribution >= 0.6 is 0 Å². The Morgan fingerprint density at radius 2 is 2.14 bits per heavy atom. The van der Waals surface area contributed by atoms with Crippen LogP contribution in [-0.4, -0.2) is 34.1 Å². The number of aryl methyl sites for hydroxylation is 1. The van der Waals surface area contributed by atoms with Gasteiger partial charge in [-0.3, -0.25) is 4.79 Å². The molecule has 0 bridgehead atoms. The average Bonchev–Trinajstić information content (AvgIpc) is 2.74. The minimum Gasteiger partial charge on any atom is -0.367 e. The Hall–Kier alpha value is -3.22. The van der Waals surface area contributed by atoms with Gasteiger partial charge in [0.25, 0.3) is 5.56 Å². The third-order valence-corrected chi connectivity index (χ3v) is 5.16. The van der Waals surface area contributed by atoms with E-state index in [9.17, 15) is 9.18 Å². The molecule has 1 unspecified atom stereocenters. The van der Waals surface area contributed by atoms with Gasteiger partial charge in [0.15, 0.2) is 0 Å². The average molecular weight is 393 g/mol.